The Morgan fingerprint density at radius 3 is 2.00 bits per heavy atom. The Labute approximate surface area is 153 Å². The molecule has 2 rings (SSSR count). The molecule has 0 saturated heterocycles. The van der Waals surface area contributed by atoms with E-state index in [1.165, 1.54) is 5.56 Å². The highest BCUT2D eigenvalue weighted by molar-refractivity contribution is 5.91. The van der Waals surface area contributed by atoms with Crippen molar-refractivity contribution in [3.63, 3.8) is 0 Å². The van der Waals surface area contributed by atoms with Gasteiger partial charge in [-0.05, 0) is 49.3 Å². The van der Waals surface area contributed by atoms with E-state index in [2.05, 4.69) is 45.0 Å². The predicted octanol–water partition coefficient (Wildman–Crippen LogP) is 6.40. The largest absolute Gasteiger partial charge is 0.459 e. The first kappa shape index (κ1) is 21.0. The van der Waals surface area contributed by atoms with Gasteiger partial charge in [0.1, 0.15) is 0 Å². The van der Waals surface area contributed by atoms with Crippen LogP contribution in [0.25, 0.3) is 0 Å². The summed E-state index contributed by atoms with van der Waals surface area (Å²) in [7, 11) is 0. The Balaban J connectivity index is 0.000000324. The molecule has 136 valence electrons. The molecule has 2 atom stereocenters. The highest BCUT2D eigenvalue weighted by Gasteiger charge is 2.17. The first-order chi connectivity index (χ1) is 12.0. The Morgan fingerprint density at radius 2 is 1.48 bits per heavy atom. The van der Waals surface area contributed by atoms with E-state index in [-0.39, 0.29) is 12.1 Å². The number of benzene rings is 2. The van der Waals surface area contributed by atoms with E-state index >= 15 is 0 Å². The molecule has 2 aromatic rings. The van der Waals surface area contributed by atoms with Crippen LogP contribution in [0.2, 0.25) is 0 Å². The molecule has 0 spiro atoms. The molecule has 0 aliphatic heterocycles. The zero-order valence-electron chi connectivity index (χ0n) is 16.3. The molecular formula is C23H32O2. The van der Waals surface area contributed by atoms with Crippen LogP contribution in [0.1, 0.15) is 74.9 Å². The standard InChI is InChI=1S/C15H22O2.C8H10/c1-5-11(3)13-9-7-8-10-14(13)15(16)17-12(4)6-2;1-2-8-6-4-3-5-7-8/h7-12H,5-6H2,1-4H3;3-7H,2H2,1H3. The summed E-state index contributed by atoms with van der Waals surface area (Å²) in [6.45, 7) is 10.4. The van der Waals surface area contributed by atoms with Crippen molar-refractivity contribution >= 4 is 5.97 Å². The van der Waals surface area contributed by atoms with Crippen LogP contribution in [0.4, 0.5) is 0 Å². The molecule has 25 heavy (non-hydrogen) atoms. The molecule has 0 aromatic heterocycles. The van der Waals surface area contributed by atoms with Crippen molar-refractivity contribution in [3.8, 4) is 0 Å². The second-order valence-corrected chi connectivity index (χ2v) is 6.36. The van der Waals surface area contributed by atoms with E-state index in [1.54, 1.807) is 0 Å². The maximum Gasteiger partial charge on any atom is 0.338 e. The maximum absolute atomic E-state index is 12.0. The zero-order valence-corrected chi connectivity index (χ0v) is 16.3. The topological polar surface area (TPSA) is 26.3 Å². The maximum atomic E-state index is 12.0. The van der Waals surface area contributed by atoms with E-state index in [0.717, 1.165) is 24.8 Å². The molecule has 0 N–H and O–H groups in total. The Bertz CT molecular complexity index is 619. The van der Waals surface area contributed by atoms with Gasteiger partial charge in [-0.15, -0.1) is 0 Å². The monoisotopic (exact) mass is 340 g/mol. The number of hydrogen-bond acceptors (Lipinski definition) is 2. The fraction of sp³-hybridized carbons (Fsp3) is 0.435. The van der Waals surface area contributed by atoms with Crippen molar-refractivity contribution in [2.24, 2.45) is 0 Å². The van der Waals surface area contributed by atoms with Gasteiger partial charge in [0.15, 0.2) is 0 Å². The second kappa shape index (κ2) is 11.5. The van der Waals surface area contributed by atoms with Crippen LogP contribution in [0.15, 0.2) is 54.6 Å². The van der Waals surface area contributed by atoms with Crippen LogP contribution < -0.4 is 0 Å². The van der Waals surface area contributed by atoms with Crippen molar-refractivity contribution in [3.05, 3.63) is 71.3 Å². The highest BCUT2D eigenvalue weighted by atomic mass is 16.5. The Kier molecular flexibility index (Phi) is 9.61. The normalized spacial score (nSPS) is 12.5. The van der Waals surface area contributed by atoms with E-state index < -0.39 is 0 Å². The van der Waals surface area contributed by atoms with E-state index in [4.69, 9.17) is 4.74 Å². The summed E-state index contributed by atoms with van der Waals surface area (Å²) in [6.07, 6.45) is 2.98. The smallest absolute Gasteiger partial charge is 0.338 e. The number of hydrogen-bond donors (Lipinski definition) is 0. The summed E-state index contributed by atoms with van der Waals surface area (Å²) in [6, 6.07) is 18.2. The van der Waals surface area contributed by atoms with E-state index in [9.17, 15) is 4.79 Å². The van der Waals surface area contributed by atoms with Crippen molar-refractivity contribution in [2.45, 2.75) is 65.9 Å². The average Bonchev–Trinajstić information content (AvgIpc) is 2.68. The quantitative estimate of drug-likeness (QED) is 0.568. The lowest BCUT2D eigenvalue weighted by atomic mass is 9.94. The number of rotatable bonds is 6. The average molecular weight is 341 g/mol. The number of esters is 1. The van der Waals surface area contributed by atoms with Crippen LogP contribution in [-0.2, 0) is 11.2 Å². The summed E-state index contributed by atoms with van der Waals surface area (Å²) >= 11 is 0. The van der Waals surface area contributed by atoms with Gasteiger partial charge in [0, 0.05) is 0 Å². The molecule has 0 aliphatic carbocycles. The summed E-state index contributed by atoms with van der Waals surface area (Å²) in [5.41, 5.74) is 3.21. The predicted molar refractivity (Wildman–Crippen MR) is 106 cm³/mol. The minimum atomic E-state index is -0.199. The van der Waals surface area contributed by atoms with Gasteiger partial charge < -0.3 is 4.74 Å². The van der Waals surface area contributed by atoms with Crippen LogP contribution in [0, 0.1) is 0 Å². The summed E-state index contributed by atoms with van der Waals surface area (Å²) in [5, 5.41) is 0. The minimum absolute atomic E-state index is 0.0208. The van der Waals surface area contributed by atoms with Gasteiger partial charge in [-0.1, -0.05) is 76.2 Å². The molecule has 0 amide bonds. The molecule has 2 unspecified atom stereocenters. The SMILES string of the molecule is CCC(C)OC(=O)c1ccccc1C(C)CC.CCc1ccccc1. The Hall–Kier alpha value is -2.09. The van der Waals surface area contributed by atoms with Gasteiger partial charge >= 0.3 is 5.97 Å². The third kappa shape index (κ3) is 7.13. The molecule has 0 aliphatic rings. The molecule has 0 fully saturated rings. The lowest BCUT2D eigenvalue weighted by Crippen LogP contribution is -2.16. The van der Waals surface area contributed by atoms with Crippen LogP contribution in [-0.4, -0.2) is 12.1 Å². The number of carbonyl (C=O) groups is 1. The van der Waals surface area contributed by atoms with Crippen LogP contribution in [0.3, 0.4) is 0 Å². The summed E-state index contributed by atoms with van der Waals surface area (Å²) < 4.78 is 5.38. The van der Waals surface area contributed by atoms with Gasteiger partial charge in [-0.25, -0.2) is 4.79 Å². The molecule has 0 bridgehead atoms. The van der Waals surface area contributed by atoms with Gasteiger partial charge in [0.2, 0.25) is 0 Å². The van der Waals surface area contributed by atoms with Gasteiger partial charge in [0.05, 0.1) is 11.7 Å². The highest BCUT2D eigenvalue weighted by Crippen LogP contribution is 2.23. The fourth-order valence-corrected chi connectivity index (χ4v) is 2.38. The summed E-state index contributed by atoms with van der Waals surface area (Å²) in [5.74, 6) is 0.186. The molecule has 0 saturated carbocycles. The van der Waals surface area contributed by atoms with Crippen molar-refractivity contribution in [1.29, 1.82) is 0 Å². The van der Waals surface area contributed by atoms with Crippen molar-refractivity contribution < 1.29 is 9.53 Å². The minimum Gasteiger partial charge on any atom is -0.459 e. The lowest BCUT2D eigenvalue weighted by Gasteiger charge is -2.16. The first-order valence-electron chi connectivity index (χ1n) is 9.37. The van der Waals surface area contributed by atoms with Gasteiger partial charge in [-0.2, -0.15) is 0 Å². The third-order valence-electron chi connectivity index (χ3n) is 4.46. The molecule has 0 heterocycles. The molecular weight excluding hydrogens is 308 g/mol. The summed E-state index contributed by atoms with van der Waals surface area (Å²) in [4.78, 5) is 12.0. The molecule has 0 radical (unpaired) electrons. The Morgan fingerprint density at radius 1 is 0.880 bits per heavy atom. The third-order valence-corrected chi connectivity index (χ3v) is 4.46. The number of aryl methyl sites for hydroxylation is 1. The van der Waals surface area contributed by atoms with Crippen LogP contribution >= 0.6 is 0 Å². The van der Waals surface area contributed by atoms with Crippen molar-refractivity contribution in [1.82, 2.24) is 0 Å². The fourth-order valence-electron chi connectivity index (χ4n) is 2.38. The zero-order chi connectivity index (χ0) is 18.7. The van der Waals surface area contributed by atoms with E-state index in [1.807, 2.05) is 44.2 Å². The van der Waals surface area contributed by atoms with Gasteiger partial charge in [-0.3, -0.25) is 0 Å². The first-order valence-corrected chi connectivity index (χ1v) is 9.37. The molecule has 2 aromatic carbocycles. The second-order valence-electron chi connectivity index (χ2n) is 6.36. The number of ether oxygens (including phenoxy) is 1. The molecule has 2 heteroatoms. The van der Waals surface area contributed by atoms with Crippen molar-refractivity contribution in [2.75, 3.05) is 0 Å². The number of carbonyl (C=O) groups excluding carboxylic acids is 1. The van der Waals surface area contributed by atoms with Gasteiger partial charge in [0.25, 0.3) is 0 Å². The molecule has 2 nitrogen and oxygen atoms in total. The van der Waals surface area contributed by atoms with Crippen LogP contribution in [0.5, 0.6) is 0 Å². The lowest BCUT2D eigenvalue weighted by molar-refractivity contribution is 0.0332. The van der Waals surface area contributed by atoms with E-state index in [0.29, 0.717) is 11.5 Å².